The summed E-state index contributed by atoms with van der Waals surface area (Å²) in [5.74, 6) is 2.49. The number of hydrogen-bond donors (Lipinski definition) is 2. The summed E-state index contributed by atoms with van der Waals surface area (Å²) in [4.78, 5) is 0.348. The molecule has 0 radical (unpaired) electrons. The maximum absolute atomic E-state index is 5.71. The van der Waals surface area contributed by atoms with Crippen molar-refractivity contribution in [2.24, 2.45) is 5.73 Å². The van der Waals surface area contributed by atoms with E-state index in [1.54, 1.807) is 7.11 Å². The molecule has 0 spiro atoms. The van der Waals surface area contributed by atoms with Gasteiger partial charge in [-0.2, -0.15) is 0 Å². The van der Waals surface area contributed by atoms with Gasteiger partial charge in [0.2, 0.25) is 0 Å². The first-order valence-corrected chi connectivity index (χ1v) is 6.28. The first kappa shape index (κ1) is 13.4. The van der Waals surface area contributed by atoms with Crippen LogP contribution >= 0.6 is 12.2 Å². The third kappa shape index (κ3) is 3.26. The van der Waals surface area contributed by atoms with Crippen molar-refractivity contribution < 1.29 is 9.15 Å². The van der Waals surface area contributed by atoms with Crippen LogP contribution in [0.25, 0.3) is 0 Å². The van der Waals surface area contributed by atoms with Crippen LogP contribution in [-0.4, -0.2) is 12.1 Å². The molecule has 0 bridgehead atoms. The minimum absolute atomic E-state index is 0.348. The highest BCUT2D eigenvalue weighted by molar-refractivity contribution is 7.80. The fourth-order valence-electron chi connectivity index (χ4n) is 1.77. The lowest BCUT2D eigenvalue weighted by Gasteiger charge is -2.12. The molecule has 100 valence electrons. The molecule has 0 atom stereocenters. The van der Waals surface area contributed by atoms with Crippen LogP contribution in [0.3, 0.4) is 0 Å². The number of aryl methyl sites for hydroxylation is 1. The van der Waals surface area contributed by atoms with Crippen LogP contribution in [0.1, 0.15) is 17.1 Å². The monoisotopic (exact) mass is 276 g/mol. The number of furan rings is 1. The Morgan fingerprint density at radius 3 is 2.74 bits per heavy atom. The fourth-order valence-corrected chi connectivity index (χ4v) is 1.95. The second-order valence-corrected chi connectivity index (χ2v) is 4.58. The second-order valence-electron chi connectivity index (χ2n) is 4.14. The maximum atomic E-state index is 5.71. The van der Waals surface area contributed by atoms with Gasteiger partial charge in [0.25, 0.3) is 0 Å². The van der Waals surface area contributed by atoms with Gasteiger partial charge in [0.15, 0.2) is 0 Å². The Hall–Kier alpha value is -2.01. The summed E-state index contributed by atoms with van der Waals surface area (Å²) in [6, 6.07) is 9.40. The molecular weight excluding hydrogens is 260 g/mol. The molecule has 1 aromatic heterocycles. The number of benzene rings is 1. The lowest BCUT2D eigenvalue weighted by atomic mass is 10.1. The number of methoxy groups -OCH3 is 1. The molecule has 2 aromatic rings. The summed E-state index contributed by atoms with van der Waals surface area (Å²) in [6.07, 6.45) is 0. The fraction of sp³-hybridized carbons (Fsp3) is 0.214. The zero-order valence-corrected chi connectivity index (χ0v) is 11.7. The van der Waals surface area contributed by atoms with Gasteiger partial charge in [-0.15, -0.1) is 0 Å². The summed E-state index contributed by atoms with van der Waals surface area (Å²) >= 11 is 5.04. The predicted octanol–water partition coefficient (Wildman–Crippen LogP) is 2.84. The molecule has 1 aromatic carbocycles. The van der Waals surface area contributed by atoms with Crippen molar-refractivity contribution in [2.45, 2.75) is 13.5 Å². The lowest BCUT2D eigenvalue weighted by Crippen LogP contribution is -2.13. The number of nitrogens with one attached hydrogen (secondary N) is 1. The number of hydrogen-bond acceptors (Lipinski definition) is 4. The Bertz CT molecular complexity index is 593. The molecule has 0 aliphatic carbocycles. The zero-order chi connectivity index (χ0) is 13.8. The Kier molecular flexibility index (Phi) is 4.06. The molecule has 0 aliphatic rings. The van der Waals surface area contributed by atoms with E-state index in [9.17, 15) is 0 Å². The van der Waals surface area contributed by atoms with Gasteiger partial charge in [-0.05, 0) is 31.2 Å². The molecule has 5 heteroatoms. The van der Waals surface area contributed by atoms with Crippen molar-refractivity contribution in [3.63, 3.8) is 0 Å². The molecule has 0 amide bonds. The number of anilines is 1. The third-order valence-corrected chi connectivity index (χ3v) is 2.96. The highest BCUT2D eigenvalue weighted by Gasteiger charge is 2.07. The smallest absolute Gasteiger partial charge is 0.123 e. The summed E-state index contributed by atoms with van der Waals surface area (Å²) in [5.41, 5.74) is 7.33. The van der Waals surface area contributed by atoms with Gasteiger partial charge in [0, 0.05) is 17.3 Å². The summed E-state index contributed by atoms with van der Waals surface area (Å²) in [5, 5.41) is 3.26. The Balaban J connectivity index is 2.19. The molecule has 3 N–H and O–H groups in total. The van der Waals surface area contributed by atoms with E-state index < -0.39 is 0 Å². The Morgan fingerprint density at radius 2 is 2.16 bits per heavy atom. The van der Waals surface area contributed by atoms with Crippen molar-refractivity contribution >= 4 is 22.9 Å². The number of rotatable bonds is 5. The van der Waals surface area contributed by atoms with Crippen LogP contribution in [0, 0.1) is 6.92 Å². The first-order valence-electron chi connectivity index (χ1n) is 5.87. The van der Waals surface area contributed by atoms with Gasteiger partial charge in [-0.25, -0.2) is 0 Å². The van der Waals surface area contributed by atoms with E-state index >= 15 is 0 Å². The van der Waals surface area contributed by atoms with Crippen molar-refractivity contribution in [2.75, 3.05) is 12.4 Å². The van der Waals surface area contributed by atoms with Gasteiger partial charge in [0.1, 0.15) is 22.3 Å². The van der Waals surface area contributed by atoms with Gasteiger partial charge >= 0.3 is 0 Å². The SMILES string of the molecule is COc1ccc(C(N)=S)c(NCc2ccc(C)o2)c1. The molecule has 0 saturated carbocycles. The normalized spacial score (nSPS) is 10.2. The van der Waals surface area contributed by atoms with Crippen molar-refractivity contribution in [1.29, 1.82) is 0 Å². The van der Waals surface area contributed by atoms with E-state index in [1.165, 1.54) is 0 Å². The van der Waals surface area contributed by atoms with E-state index in [0.29, 0.717) is 11.5 Å². The quantitative estimate of drug-likeness (QED) is 0.822. The molecule has 0 fully saturated rings. The topological polar surface area (TPSA) is 60.4 Å². The van der Waals surface area contributed by atoms with E-state index in [4.69, 9.17) is 27.1 Å². The molecule has 2 rings (SSSR count). The van der Waals surface area contributed by atoms with Crippen LogP contribution in [0.4, 0.5) is 5.69 Å². The molecule has 19 heavy (non-hydrogen) atoms. The van der Waals surface area contributed by atoms with Crippen LogP contribution in [-0.2, 0) is 6.54 Å². The molecule has 0 unspecified atom stereocenters. The van der Waals surface area contributed by atoms with Crippen LogP contribution in [0.15, 0.2) is 34.7 Å². The van der Waals surface area contributed by atoms with Crippen molar-refractivity contribution in [3.8, 4) is 5.75 Å². The average Bonchev–Trinajstić information content (AvgIpc) is 2.81. The third-order valence-electron chi connectivity index (χ3n) is 2.74. The van der Waals surface area contributed by atoms with Crippen LogP contribution in [0.2, 0.25) is 0 Å². The lowest BCUT2D eigenvalue weighted by molar-refractivity contribution is 0.415. The highest BCUT2D eigenvalue weighted by Crippen LogP contribution is 2.23. The number of ether oxygens (including phenoxy) is 1. The molecular formula is C14H16N2O2S. The van der Waals surface area contributed by atoms with Crippen LogP contribution < -0.4 is 15.8 Å². The highest BCUT2D eigenvalue weighted by atomic mass is 32.1. The second kappa shape index (κ2) is 5.75. The van der Waals surface area contributed by atoms with Crippen molar-refractivity contribution in [1.82, 2.24) is 0 Å². The molecule has 1 heterocycles. The van der Waals surface area contributed by atoms with Gasteiger partial charge in [0.05, 0.1) is 13.7 Å². The van der Waals surface area contributed by atoms with E-state index in [-0.39, 0.29) is 0 Å². The maximum Gasteiger partial charge on any atom is 0.123 e. The first-order chi connectivity index (χ1) is 9.10. The van der Waals surface area contributed by atoms with E-state index in [0.717, 1.165) is 28.5 Å². The van der Waals surface area contributed by atoms with E-state index in [2.05, 4.69) is 5.32 Å². The number of nitrogens with two attached hydrogens (primary N) is 1. The summed E-state index contributed by atoms with van der Waals surface area (Å²) in [7, 11) is 1.62. The van der Waals surface area contributed by atoms with Gasteiger partial charge in [-0.3, -0.25) is 0 Å². The molecule has 0 aliphatic heterocycles. The minimum Gasteiger partial charge on any atom is -0.497 e. The number of thiocarbonyl (C=S) groups is 1. The van der Waals surface area contributed by atoms with Crippen LogP contribution in [0.5, 0.6) is 5.75 Å². The average molecular weight is 276 g/mol. The summed E-state index contributed by atoms with van der Waals surface area (Å²) in [6.45, 7) is 2.48. The standard InChI is InChI=1S/C14H16N2O2S/c1-9-3-4-11(18-9)8-16-13-7-10(17-2)5-6-12(13)14(15)19/h3-7,16H,8H2,1-2H3,(H2,15,19). The predicted molar refractivity (Wildman–Crippen MR) is 79.7 cm³/mol. The van der Waals surface area contributed by atoms with E-state index in [1.807, 2.05) is 37.3 Å². The largest absolute Gasteiger partial charge is 0.497 e. The Morgan fingerprint density at radius 1 is 1.37 bits per heavy atom. The Labute approximate surface area is 117 Å². The molecule has 4 nitrogen and oxygen atoms in total. The van der Waals surface area contributed by atoms with Gasteiger partial charge < -0.3 is 20.2 Å². The molecule has 0 saturated heterocycles. The van der Waals surface area contributed by atoms with Gasteiger partial charge in [-0.1, -0.05) is 12.2 Å². The van der Waals surface area contributed by atoms with Crippen molar-refractivity contribution in [3.05, 3.63) is 47.4 Å². The summed E-state index contributed by atoms with van der Waals surface area (Å²) < 4.78 is 10.7. The zero-order valence-electron chi connectivity index (χ0n) is 10.9. The minimum atomic E-state index is 0.348.